The molecule has 8 heteroatoms. The summed E-state index contributed by atoms with van der Waals surface area (Å²) in [6.45, 7) is 0.726. The number of carbonyl (C=O) groups is 1. The second-order valence-corrected chi connectivity index (χ2v) is 7.93. The van der Waals surface area contributed by atoms with E-state index in [1.807, 2.05) is 0 Å². The van der Waals surface area contributed by atoms with Crippen LogP contribution in [0.15, 0.2) is 47.4 Å². The molecule has 6 nitrogen and oxygen atoms in total. The number of fused-ring (bicyclic) bond motifs is 1. The van der Waals surface area contributed by atoms with Crippen LogP contribution in [0.1, 0.15) is 17.9 Å². The zero-order valence-electron chi connectivity index (χ0n) is 13.6. The molecule has 1 heterocycles. The summed E-state index contributed by atoms with van der Waals surface area (Å²) in [5.41, 5.74) is 0.435. The fraction of sp³-hybridized carbons (Fsp3) is 0.278. The Morgan fingerprint density at radius 1 is 1.08 bits per heavy atom. The number of rotatable bonds is 4. The van der Waals surface area contributed by atoms with Gasteiger partial charge in [-0.15, -0.1) is 0 Å². The summed E-state index contributed by atoms with van der Waals surface area (Å²) in [7, 11) is -4.04. The monoisotopic (exact) mass is 377 g/mol. The Hall–Kier alpha value is -2.61. The first-order chi connectivity index (χ1) is 12.5. The third-order valence-corrected chi connectivity index (χ3v) is 5.84. The van der Waals surface area contributed by atoms with E-state index in [0.717, 1.165) is 0 Å². The van der Waals surface area contributed by atoms with E-state index < -0.39 is 21.8 Å². The summed E-state index contributed by atoms with van der Waals surface area (Å²) in [6, 6.07) is 10.4. The lowest BCUT2D eigenvalue weighted by Gasteiger charge is -2.18. The molecule has 1 saturated carbocycles. The van der Waals surface area contributed by atoms with Crippen LogP contribution in [0.4, 0.5) is 4.39 Å². The number of ether oxygens (including phenoxy) is 2. The van der Waals surface area contributed by atoms with Crippen LogP contribution >= 0.6 is 0 Å². The minimum atomic E-state index is -4.04. The number of sulfonamides is 1. The lowest BCUT2D eigenvalue weighted by Crippen LogP contribution is -2.32. The molecule has 2 aliphatic rings. The van der Waals surface area contributed by atoms with Gasteiger partial charge in [0, 0.05) is 12.0 Å². The van der Waals surface area contributed by atoms with Gasteiger partial charge in [-0.05, 0) is 36.1 Å². The van der Waals surface area contributed by atoms with E-state index >= 15 is 0 Å². The quantitative estimate of drug-likeness (QED) is 0.883. The number of amides is 1. The molecule has 1 aliphatic heterocycles. The lowest BCUT2D eigenvalue weighted by molar-refractivity contribution is -0.120. The predicted octanol–water partition coefficient (Wildman–Crippen LogP) is 2.21. The number of halogens is 1. The van der Waals surface area contributed by atoms with Crippen LogP contribution in [0.5, 0.6) is 11.5 Å². The highest BCUT2D eigenvalue weighted by atomic mass is 32.2. The first kappa shape index (κ1) is 16.8. The molecule has 136 valence electrons. The molecule has 0 radical (unpaired) electrons. The van der Waals surface area contributed by atoms with Crippen LogP contribution in [0.25, 0.3) is 0 Å². The molecule has 0 unspecified atom stereocenters. The third-order valence-electron chi connectivity index (χ3n) is 4.49. The van der Waals surface area contributed by atoms with Crippen molar-refractivity contribution in [1.82, 2.24) is 4.72 Å². The first-order valence-electron chi connectivity index (χ1n) is 8.16. The molecule has 2 aromatic carbocycles. The Morgan fingerprint density at radius 2 is 1.81 bits per heavy atom. The van der Waals surface area contributed by atoms with Crippen molar-refractivity contribution < 1.29 is 27.1 Å². The van der Waals surface area contributed by atoms with E-state index in [1.165, 1.54) is 24.3 Å². The molecule has 1 fully saturated rings. The first-order valence-corrected chi connectivity index (χ1v) is 9.65. The number of hydrogen-bond donors (Lipinski definition) is 1. The van der Waals surface area contributed by atoms with Gasteiger partial charge in [0.1, 0.15) is 19.0 Å². The summed E-state index contributed by atoms with van der Waals surface area (Å²) in [5, 5.41) is 0. The number of benzene rings is 2. The standard InChI is InChI=1S/C18H16FNO5S/c19-15-4-2-1-3-12(15)13-10-14(13)18(21)20-26(22,23)11-5-6-16-17(9-11)25-8-7-24-16/h1-6,9,13-14H,7-8,10H2,(H,20,21)/t13-,14+/m1/s1. The van der Waals surface area contributed by atoms with E-state index in [2.05, 4.69) is 4.72 Å². The SMILES string of the molecule is O=C(NS(=O)(=O)c1ccc2c(c1)OCCO2)[C@H]1C[C@@H]1c1ccccc1F. The van der Waals surface area contributed by atoms with Crippen molar-refractivity contribution in [2.45, 2.75) is 17.2 Å². The molecule has 4 rings (SSSR count). The Balaban J connectivity index is 1.48. The van der Waals surface area contributed by atoms with E-state index in [-0.39, 0.29) is 16.6 Å². The van der Waals surface area contributed by atoms with E-state index in [9.17, 15) is 17.6 Å². The topological polar surface area (TPSA) is 81.7 Å². The maximum Gasteiger partial charge on any atom is 0.264 e. The summed E-state index contributed by atoms with van der Waals surface area (Å²) in [6.07, 6.45) is 0.420. The predicted molar refractivity (Wildman–Crippen MR) is 90.0 cm³/mol. The van der Waals surface area contributed by atoms with Crippen LogP contribution in [0.3, 0.4) is 0 Å². The van der Waals surface area contributed by atoms with Gasteiger partial charge in [-0.2, -0.15) is 0 Å². The Morgan fingerprint density at radius 3 is 2.58 bits per heavy atom. The highest BCUT2D eigenvalue weighted by Crippen LogP contribution is 2.48. The van der Waals surface area contributed by atoms with Gasteiger partial charge in [-0.3, -0.25) is 4.79 Å². The van der Waals surface area contributed by atoms with Gasteiger partial charge in [0.2, 0.25) is 5.91 Å². The lowest BCUT2D eigenvalue weighted by atomic mass is 10.1. The van der Waals surface area contributed by atoms with Crippen molar-refractivity contribution in [2.75, 3.05) is 13.2 Å². The summed E-state index contributed by atoms with van der Waals surface area (Å²) in [5.74, 6) is -1.09. The molecular weight excluding hydrogens is 361 g/mol. The Kier molecular flexibility index (Phi) is 4.07. The van der Waals surface area contributed by atoms with Gasteiger partial charge in [-0.1, -0.05) is 18.2 Å². The average Bonchev–Trinajstić information content (AvgIpc) is 3.42. The zero-order valence-corrected chi connectivity index (χ0v) is 14.5. The maximum atomic E-state index is 13.8. The van der Waals surface area contributed by atoms with E-state index in [1.54, 1.807) is 18.2 Å². The number of carbonyl (C=O) groups excluding carboxylic acids is 1. The van der Waals surface area contributed by atoms with Crippen LogP contribution < -0.4 is 14.2 Å². The molecule has 0 bridgehead atoms. The average molecular weight is 377 g/mol. The fourth-order valence-corrected chi connectivity index (χ4v) is 4.11. The second-order valence-electron chi connectivity index (χ2n) is 6.25. The van der Waals surface area contributed by atoms with Crippen molar-refractivity contribution in [1.29, 1.82) is 0 Å². The summed E-state index contributed by atoms with van der Waals surface area (Å²) in [4.78, 5) is 12.2. The molecule has 1 N–H and O–H groups in total. The van der Waals surface area contributed by atoms with Crippen LogP contribution in [-0.2, 0) is 14.8 Å². The highest BCUT2D eigenvalue weighted by Gasteiger charge is 2.46. The van der Waals surface area contributed by atoms with Crippen molar-refractivity contribution in [2.24, 2.45) is 5.92 Å². The molecule has 2 atom stereocenters. The van der Waals surface area contributed by atoms with Crippen molar-refractivity contribution in [3.8, 4) is 11.5 Å². The van der Waals surface area contributed by atoms with Crippen LogP contribution in [-0.4, -0.2) is 27.5 Å². The molecule has 1 amide bonds. The van der Waals surface area contributed by atoms with Crippen molar-refractivity contribution >= 4 is 15.9 Å². The van der Waals surface area contributed by atoms with Gasteiger partial charge < -0.3 is 9.47 Å². The van der Waals surface area contributed by atoms with E-state index in [0.29, 0.717) is 36.7 Å². The van der Waals surface area contributed by atoms with Gasteiger partial charge >= 0.3 is 0 Å². The summed E-state index contributed by atoms with van der Waals surface area (Å²) >= 11 is 0. The van der Waals surface area contributed by atoms with Gasteiger partial charge in [0.15, 0.2) is 11.5 Å². The normalized spacial score (nSPS) is 21.1. The second kappa shape index (κ2) is 6.28. The minimum absolute atomic E-state index is 0.0850. The molecule has 0 saturated heterocycles. The molecule has 0 aromatic heterocycles. The zero-order chi connectivity index (χ0) is 18.3. The number of hydrogen-bond acceptors (Lipinski definition) is 5. The van der Waals surface area contributed by atoms with Gasteiger partial charge in [0.25, 0.3) is 10.0 Å². The largest absolute Gasteiger partial charge is 0.486 e. The highest BCUT2D eigenvalue weighted by molar-refractivity contribution is 7.90. The molecule has 26 heavy (non-hydrogen) atoms. The molecule has 2 aromatic rings. The third kappa shape index (κ3) is 3.12. The molecular formula is C18H16FNO5S. The molecule has 1 aliphatic carbocycles. The molecule has 0 spiro atoms. The minimum Gasteiger partial charge on any atom is -0.486 e. The van der Waals surface area contributed by atoms with Gasteiger partial charge in [-0.25, -0.2) is 17.5 Å². The Labute approximate surface area is 150 Å². The summed E-state index contributed by atoms with van der Waals surface area (Å²) < 4.78 is 51.5. The fourth-order valence-electron chi connectivity index (χ4n) is 3.06. The van der Waals surface area contributed by atoms with Crippen LogP contribution in [0, 0.1) is 11.7 Å². The van der Waals surface area contributed by atoms with Crippen LogP contribution in [0.2, 0.25) is 0 Å². The van der Waals surface area contributed by atoms with E-state index in [4.69, 9.17) is 9.47 Å². The van der Waals surface area contributed by atoms with Crippen molar-refractivity contribution in [3.63, 3.8) is 0 Å². The maximum absolute atomic E-state index is 13.8. The van der Waals surface area contributed by atoms with Crippen molar-refractivity contribution in [3.05, 3.63) is 53.8 Å². The Bertz CT molecular complexity index is 975. The van der Waals surface area contributed by atoms with Gasteiger partial charge in [0.05, 0.1) is 4.90 Å². The number of nitrogens with one attached hydrogen (secondary N) is 1. The smallest absolute Gasteiger partial charge is 0.264 e.